The number of aliphatic hydroxyl groups excluding tert-OH is 1. The summed E-state index contributed by atoms with van der Waals surface area (Å²) in [7, 11) is 0. The average Bonchev–Trinajstić information content (AvgIpc) is 2.66. The summed E-state index contributed by atoms with van der Waals surface area (Å²) in [5, 5.41) is 9.92. The van der Waals surface area contributed by atoms with Gasteiger partial charge >= 0.3 is 0 Å². The summed E-state index contributed by atoms with van der Waals surface area (Å²) in [6.45, 7) is 7.47. The molecule has 0 heterocycles. The third kappa shape index (κ3) is 2.48. The van der Waals surface area contributed by atoms with Crippen LogP contribution in [0, 0.1) is 5.92 Å². The van der Waals surface area contributed by atoms with Gasteiger partial charge in [0.05, 0.1) is 0 Å². The van der Waals surface area contributed by atoms with Gasteiger partial charge in [0.15, 0.2) is 0 Å². The average molecular weight is 199 g/mol. The van der Waals surface area contributed by atoms with Crippen molar-refractivity contribution in [2.75, 3.05) is 6.54 Å². The van der Waals surface area contributed by atoms with Crippen LogP contribution in [0.4, 0.5) is 0 Å². The molecule has 0 aromatic rings. The van der Waals surface area contributed by atoms with Gasteiger partial charge in [-0.05, 0) is 31.7 Å². The molecule has 1 aliphatic rings. The van der Waals surface area contributed by atoms with Crippen LogP contribution in [-0.4, -0.2) is 28.8 Å². The molecule has 1 saturated carbocycles. The molecule has 0 bridgehead atoms. The van der Waals surface area contributed by atoms with E-state index in [0.29, 0.717) is 6.04 Å². The maximum absolute atomic E-state index is 9.92. The van der Waals surface area contributed by atoms with Crippen molar-refractivity contribution in [2.45, 2.75) is 65.1 Å². The summed E-state index contributed by atoms with van der Waals surface area (Å²) < 4.78 is 0. The van der Waals surface area contributed by atoms with Gasteiger partial charge in [0.1, 0.15) is 6.23 Å². The number of aliphatic hydroxyl groups is 1. The molecule has 1 aliphatic carbocycles. The fraction of sp³-hybridized carbons (Fsp3) is 1.00. The Hall–Kier alpha value is -0.0800. The van der Waals surface area contributed by atoms with Crippen molar-refractivity contribution in [3.63, 3.8) is 0 Å². The van der Waals surface area contributed by atoms with Gasteiger partial charge in [-0.1, -0.05) is 33.6 Å². The smallest absolute Gasteiger partial charge is 0.107 e. The van der Waals surface area contributed by atoms with Crippen molar-refractivity contribution in [2.24, 2.45) is 5.92 Å². The summed E-state index contributed by atoms with van der Waals surface area (Å²) in [5.74, 6) is 0.816. The molecule has 2 nitrogen and oxygen atoms in total. The van der Waals surface area contributed by atoms with E-state index in [1.165, 1.54) is 25.7 Å². The molecule has 0 aromatic heterocycles. The highest BCUT2D eigenvalue weighted by Crippen LogP contribution is 2.33. The van der Waals surface area contributed by atoms with Crippen molar-refractivity contribution in [1.82, 2.24) is 4.90 Å². The van der Waals surface area contributed by atoms with Crippen LogP contribution in [0.1, 0.15) is 52.9 Å². The molecule has 1 rings (SSSR count). The van der Waals surface area contributed by atoms with E-state index < -0.39 is 0 Å². The van der Waals surface area contributed by atoms with Crippen LogP contribution in [-0.2, 0) is 0 Å². The Balaban J connectivity index is 2.58. The van der Waals surface area contributed by atoms with Gasteiger partial charge in [-0.3, -0.25) is 4.90 Å². The molecule has 0 aliphatic heterocycles. The lowest BCUT2D eigenvalue weighted by atomic mass is 9.99. The zero-order chi connectivity index (χ0) is 10.6. The Labute approximate surface area is 88.3 Å². The summed E-state index contributed by atoms with van der Waals surface area (Å²) >= 11 is 0. The second kappa shape index (κ2) is 5.72. The molecular formula is C12H25NO. The molecule has 0 aromatic carbocycles. The van der Waals surface area contributed by atoms with Crippen molar-refractivity contribution in [3.8, 4) is 0 Å². The van der Waals surface area contributed by atoms with Gasteiger partial charge in [-0.2, -0.15) is 0 Å². The van der Waals surface area contributed by atoms with Crippen LogP contribution in [0.15, 0.2) is 0 Å². The number of hydrogen-bond acceptors (Lipinski definition) is 2. The van der Waals surface area contributed by atoms with Crippen LogP contribution >= 0.6 is 0 Å². The monoisotopic (exact) mass is 199 g/mol. The zero-order valence-corrected chi connectivity index (χ0v) is 9.87. The van der Waals surface area contributed by atoms with E-state index >= 15 is 0 Å². The molecule has 1 fully saturated rings. The summed E-state index contributed by atoms with van der Waals surface area (Å²) in [6.07, 6.45) is 5.86. The minimum atomic E-state index is -0.225. The van der Waals surface area contributed by atoms with Gasteiger partial charge in [-0.15, -0.1) is 0 Å². The normalized spacial score (nSPS) is 29.8. The Morgan fingerprint density at radius 3 is 2.50 bits per heavy atom. The fourth-order valence-corrected chi connectivity index (χ4v) is 2.83. The van der Waals surface area contributed by atoms with Crippen LogP contribution in [0.25, 0.3) is 0 Å². The Bertz CT molecular complexity index is 160. The van der Waals surface area contributed by atoms with Gasteiger partial charge < -0.3 is 5.11 Å². The van der Waals surface area contributed by atoms with Crippen LogP contribution in [0.2, 0.25) is 0 Å². The van der Waals surface area contributed by atoms with E-state index in [-0.39, 0.29) is 6.23 Å². The second-order valence-electron chi connectivity index (χ2n) is 4.39. The van der Waals surface area contributed by atoms with E-state index in [1.54, 1.807) is 0 Å². The third-order valence-electron chi connectivity index (χ3n) is 3.68. The zero-order valence-electron chi connectivity index (χ0n) is 9.87. The maximum Gasteiger partial charge on any atom is 0.107 e. The number of nitrogens with zero attached hydrogens (tertiary/aromatic N) is 1. The SMILES string of the molecule is CCC1CCCC1N(CC)C(O)CC. The van der Waals surface area contributed by atoms with Crippen LogP contribution in [0.5, 0.6) is 0 Å². The largest absolute Gasteiger partial charge is 0.378 e. The molecule has 84 valence electrons. The second-order valence-corrected chi connectivity index (χ2v) is 4.39. The van der Waals surface area contributed by atoms with Gasteiger partial charge in [0.2, 0.25) is 0 Å². The lowest BCUT2D eigenvalue weighted by Gasteiger charge is -2.35. The van der Waals surface area contributed by atoms with Gasteiger partial charge in [0.25, 0.3) is 0 Å². The predicted molar refractivity (Wildman–Crippen MR) is 60.1 cm³/mol. The lowest BCUT2D eigenvalue weighted by molar-refractivity contribution is -0.0340. The summed E-state index contributed by atoms with van der Waals surface area (Å²) in [4.78, 5) is 2.29. The molecular weight excluding hydrogens is 174 g/mol. The van der Waals surface area contributed by atoms with Crippen molar-refractivity contribution in [3.05, 3.63) is 0 Å². The van der Waals surface area contributed by atoms with Crippen molar-refractivity contribution in [1.29, 1.82) is 0 Å². The van der Waals surface area contributed by atoms with E-state index in [2.05, 4.69) is 25.7 Å². The van der Waals surface area contributed by atoms with Crippen molar-refractivity contribution < 1.29 is 5.11 Å². The van der Waals surface area contributed by atoms with Gasteiger partial charge in [0, 0.05) is 6.04 Å². The first kappa shape index (κ1) is 12.0. The highest BCUT2D eigenvalue weighted by atomic mass is 16.3. The molecule has 0 amide bonds. The summed E-state index contributed by atoms with van der Waals surface area (Å²) in [6, 6.07) is 0.639. The Morgan fingerprint density at radius 1 is 1.29 bits per heavy atom. The maximum atomic E-state index is 9.92. The third-order valence-corrected chi connectivity index (χ3v) is 3.68. The highest BCUT2D eigenvalue weighted by Gasteiger charge is 2.32. The highest BCUT2D eigenvalue weighted by molar-refractivity contribution is 4.85. The molecule has 0 spiro atoms. The molecule has 3 atom stereocenters. The first-order valence-electron chi connectivity index (χ1n) is 6.18. The number of rotatable bonds is 5. The molecule has 0 radical (unpaired) electrons. The van der Waals surface area contributed by atoms with Gasteiger partial charge in [-0.25, -0.2) is 0 Å². The topological polar surface area (TPSA) is 23.5 Å². The Morgan fingerprint density at radius 2 is 2.00 bits per heavy atom. The minimum absolute atomic E-state index is 0.225. The molecule has 14 heavy (non-hydrogen) atoms. The van der Waals surface area contributed by atoms with Crippen molar-refractivity contribution >= 4 is 0 Å². The lowest BCUT2D eigenvalue weighted by Crippen LogP contribution is -2.44. The standard InChI is InChI=1S/C12H25NO/c1-4-10-8-7-9-11(10)13(6-3)12(14)5-2/h10-12,14H,4-9H2,1-3H3. The predicted octanol–water partition coefficient (Wildman–Crippen LogP) is 2.62. The quantitative estimate of drug-likeness (QED) is 0.688. The fourth-order valence-electron chi connectivity index (χ4n) is 2.83. The summed E-state index contributed by atoms with van der Waals surface area (Å²) in [5.41, 5.74) is 0. The molecule has 2 heteroatoms. The molecule has 1 N–H and O–H groups in total. The number of hydrogen-bond donors (Lipinski definition) is 1. The first-order valence-corrected chi connectivity index (χ1v) is 6.18. The molecule has 0 saturated heterocycles. The van der Waals surface area contributed by atoms with E-state index in [4.69, 9.17) is 0 Å². The minimum Gasteiger partial charge on any atom is -0.378 e. The van der Waals surface area contributed by atoms with E-state index in [9.17, 15) is 5.11 Å². The van der Waals surface area contributed by atoms with E-state index in [0.717, 1.165) is 18.9 Å². The van der Waals surface area contributed by atoms with Crippen LogP contribution in [0.3, 0.4) is 0 Å². The van der Waals surface area contributed by atoms with E-state index in [1.807, 2.05) is 0 Å². The molecule has 3 unspecified atom stereocenters. The Kier molecular flexibility index (Phi) is 4.90. The van der Waals surface area contributed by atoms with Crippen LogP contribution < -0.4 is 0 Å². The first-order chi connectivity index (χ1) is 6.74.